The van der Waals surface area contributed by atoms with Gasteiger partial charge in [-0.3, -0.25) is 4.98 Å². The van der Waals surface area contributed by atoms with Crippen molar-refractivity contribution in [1.82, 2.24) is 9.97 Å². The Morgan fingerprint density at radius 3 is 2.36 bits per heavy atom. The number of piperidine rings is 1. The van der Waals surface area contributed by atoms with E-state index in [1.165, 1.54) is 18.3 Å². The number of anilines is 1. The van der Waals surface area contributed by atoms with Crippen LogP contribution in [0.2, 0.25) is 0 Å². The largest absolute Gasteiger partial charge is 0.479 e. The number of aryl methyl sites for hydroxylation is 2. The number of hydrogen-bond donors (Lipinski definition) is 1. The molecule has 0 spiro atoms. The lowest BCUT2D eigenvalue weighted by molar-refractivity contribution is -0.160. The Kier molecular flexibility index (Phi) is 9.21. The van der Waals surface area contributed by atoms with E-state index in [0.29, 0.717) is 53.1 Å². The molecule has 1 aliphatic heterocycles. The molecule has 0 amide bonds. The summed E-state index contributed by atoms with van der Waals surface area (Å²) in [5.41, 5.74) is 3.57. The highest BCUT2D eigenvalue weighted by Gasteiger charge is 2.36. The van der Waals surface area contributed by atoms with Gasteiger partial charge in [0.2, 0.25) is 5.88 Å². The van der Waals surface area contributed by atoms with Crippen LogP contribution in [-0.4, -0.2) is 46.3 Å². The second-order valence-corrected chi connectivity index (χ2v) is 12.8. The van der Waals surface area contributed by atoms with Crippen molar-refractivity contribution in [3.8, 4) is 17.0 Å². The average Bonchev–Trinajstić information content (AvgIpc) is 2.90. The Morgan fingerprint density at radius 1 is 1.07 bits per heavy atom. The number of rotatable bonds is 9. The molecule has 1 N–H and O–H groups in total. The van der Waals surface area contributed by atoms with Crippen molar-refractivity contribution in [3.05, 3.63) is 70.7 Å². The van der Waals surface area contributed by atoms with Gasteiger partial charge in [0, 0.05) is 54.3 Å². The lowest BCUT2D eigenvalue weighted by Crippen LogP contribution is -2.39. The van der Waals surface area contributed by atoms with Gasteiger partial charge in [-0.2, -0.15) is 0 Å². The van der Waals surface area contributed by atoms with Crippen LogP contribution in [0.15, 0.2) is 36.7 Å². The van der Waals surface area contributed by atoms with E-state index in [-0.39, 0.29) is 23.7 Å². The van der Waals surface area contributed by atoms with Gasteiger partial charge >= 0.3 is 5.97 Å². The minimum Gasteiger partial charge on any atom is -0.479 e. The van der Waals surface area contributed by atoms with E-state index in [9.17, 15) is 14.3 Å². The Labute approximate surface area is 246 Å². The van der Waals surface area contributed by atoms with Gasteiger partial charge in [-0.15, -0.1) is 0 Å². The molecule has 0 saturated carbocycles. The summed E-state index contributed by atoms with van der Waals surface area (Å²) in [4.78, 5) is 23.6. The summed E-state index contributed by atoms with van der Waals surface area (Å²) in [5.74, 6) is -2.17. The number of ether oxygens (including phenoxy) is 2. The maximum atomic E-state index is 15.4. The molecular formula is C33H41F2N3O4. The van der Waals surface area contributed by atoms with Crippen molar-refractivity contribution in [2.45, 2.75) is 79.4 Å². The van der Waals surface area contributed by atoms with E-state index >= 15 is 4.39 Å². The van der Waals surface area contributed by atoms with Gasteiger partial charge in [-0.25, -0.2) is 18.6 Å². The van der Waals surface area contributed by atoms with Crippen LogP contribution in [0, 0.1) is 30.9 Å². The molecule has 1 saturated heterocycles. The van der Waals surface area contributed by atoms with Gasteiger partial charge in [0.25, 0.3) is 0 Å². The van der Waals surface area contributed by atoms with Crippen molar-refractivity contribution in [3.63, 3.8) is 0 Å². The molecule has 1 aliphatic rings. The summed E-state index contributed by atoms with van der Waals surface area (Å²) in [5, 5.41) is 10.3. The van der Waals surface area contributed by atoms with Crippen molar-refractivity contribution in [2.75, 3.05) is 24.6 Å². The molecule has 7 nitrogen and oxygen atoms in total. The fourth-order valence-corrected chi connectivity index (χ4v) is 5.20. The summed E-state index contributed by atoms with van der Waals surface area (Å²) >= 11 is 0. The summed E-state index contributed by atoms with van der Waals surface area (Å²) in [7, 11) is 0. The van der Waals surface area contributed by atoms with Crippen molar-refractivity contribution >= 4 is 11.7 Å². The first-order valence-electron chi connectivity index (χ1n) is 14.3. The van der Waals surface area contributed by atoms with Gasteiger partial charge < -0.3 is 19.5 Å². The molecule has 226 valence electrons. The number of hydrogen-bond acceptors (Lipinski definition) is 6. The molecule has 1 atom stereocenters. The van der Waals surface area contributed by atoms with Crippen molar-refractivity contribution in [2.24, 2.45) is 5.41 Å². The number of benzene rings is 1. The van der Waals surface area contributed by atoms with E-state index in [1.807, 2.05) is 20.8 Å². The van der Waals surface area contributed by atoms with Gasteiger partial charge in [0.05, 0.1) is 17.9 Å². The van der Waals surface area contributed by atoms with Gasteiger partial charge in [-0.05, 0) is 76.1 Å². The quantitative estimate of drug-likeness (QED) is 0.285. The topological polar surface area (TPSA) is 84.8 Å². The van der Waals surface area contributed by atoms with E-state index in [4.69, 9.17) is 9.47 Å². The van der Waals surface area contributed by atoms with Crippen molar-refractivity contribution in [1.29, 1.82) is 0 Å². The summed E-state index contributed by atoms with van der Waals surface area (Å²) in [6.07, 6.45) is 4.20. The molecule has 3 heterocycles. The van der Waals surface area contributed by atoms with Gasteiger partial charge in [-0.1, -0.05) is 26.0 Å². The number of carbonyl (C=O) groups is 1. The predicted octanol–water partition coefficient (Wildman–Crippen LogP) is 7.23. The standard InChI is InChI=1S/C33H41F2N3O4/c1-20-16-22(8-9-25(20)34)10-15-41-30-26(35)17-23(18-37-30)24-19-36-21(2)27(29(31(39)40)42-32(3,4)5)28(24)38-13-11-33(6,7)12-14-38/h8-9,16-19,29H,10-15H2,1-7H3,(H,39,40). The van der Waals surface area contributed by atoms with Gasteiger partial charge in [0.1, 0.15) is 5.82 Å². The smallest absolute Gasteiger partial charge is 0.337 e. The number of pyridine rings is 2. The minimum atomic E-state index is -1.27. The maximum absolute atomic E-state index is 15.4. The third-order valence-electron chi connectivity index (χ3n) is 7.65. The molecule has 2 aromatic heterocycles. The number of aromatic nitrogens is 2. The highest BCUT2D eigenvalue weighted by Crippen LogP contribution is 2.43. The minimum absolute atomic E-state index is 0.140. The SMILES string of the molecule is Cc1cc(CCOc2ncc(-c3cnc(C)c(C(OC(C)(C)C)C(=O)O)c3N3CCC(C)(C)CC3)cc2F)ccc1F. The molecule has 1 fully saturated rings. The first kappa shape index (κ1) is 31.3. The molecule has 0 bridgehead atoms. The Hall–Kier alpha value is -3.59. The highest BCUT2D eigenvalue weighted by atomic mass is 19.1. The zero-order chi connectivity index (χ0) is 30.8. The average molecular weight is 582 g/mol. The fourth-order valence-electron chi connectivity index (χ4n) is 5.20. The number of halogens is 2. The molecule has 1 unspecified atom stereocenters. The number of carboxylic acid groups (broad SMARTS) is 1. The highest BCUT2D eigenvalue weighted by molar-refractivity contribution is 5.86. The molecule has 3 aromatic rings. The molecular weight excluding hydrogens is 540 g/mol. The van der Waals surface area contributed by atoms with Crippen LogP contribution in [0.1, 0.15) is 75.9 Å². The number of aliphatic carboxylic acids is 1. The van der Waals surface area contributed by atoms with Crippen LogP contribution in [-0.2, 0) is 16.0 Å². The zero-order valence-electron chi connectivity index (χ0n) is 25.6. The normalized spacial score (nSPS) is 15.9. The zero-order valence-corrected chi connectivity index (χ0v) is 25.6. The van der Waals surface area contributed by atoms with Crippen LogP contribution < -0.4 is 9.64 Å². The van der Waals surface area contributed by atoms with E-state index in [2.05, 4.69) is 28.7 Å². The van der Waals surface area contributed by atoms with Gasteiger partial charge in [0.15, 0.2) is 11.9 Å². The van der Waals surface area contributed by atoms with E-state index < -0.39 is 23.5 Å². The van der Waals surface area contributed by atoms with E-state index in [1.54, 1.807) is 32.2 Å². The second-order valence-electron chi connectivity index (χ2n) is 12.8. The first-order chi connectivity index (χ1) is 19.6. The number of carboxylic acids is 1. The Balaban J connectivity index is 1.70. The molecule has 42 heavy (non-hydrogen) atoms. The summed E-state index contributed by atoms with van der Waals surface area (Å²) in [6.45, 7) is 14.9. The second kappa shape index (κ2) is 12.3. The third-order valence-corrected chi connectivity index (χ3v) is 7.65. The monoisotopic (exact) mass is 581 g/mol. The van der Waals surface area contributed by atoms with Crippen LogP contribution >= 0.6 is 0 Å². The first-order valence-corrected chi connectivity index (χ1v) is 14.3. The summed E-state index contributed by atoms with van der Waals surface area (Å²) < 4.78 is 40.6. The Bertz CT molecular complexity index is 1440. The number of nitrogens with zero attached hydrogens (tertiary/aromatic N) is 3. The molecule has 0 aliphatic carbocycles. The Morgan fingerprint density at radius 2 is 1.76 bits per heavy atom. The molecule has 1 aromatic carbocycles. The summed E-state index contributed by atoms with van der Waals surface area (Å²) in [6, 6.07) is 6.17. The van der Waals surface area contributed by atoms with E-state index in [0.717, 1.165) is 18.4 Å². The lowest BCUT2D eigenvalue weighted by Gasteiger charge is -2.40. The lowest BCUT2D eigenvalue weighted by atomic mass is 9.82. The van der Waals surface area contributed by atoms with Crippen LogP contribution in [0.4, 0.5) is 14.5 Å². The third kappa shape index (κ3) is 7.43. The van der Waals surface area contributed by atoms with Crippen LogP contribution in [0.25, 0.3) is 11.1 Å². The van der Waals surface area contributed by atoms with Crippen molar-refractivity contribution < 1.29 is 28.2 Å². The van der Waals surface area contributed by atoms with Crippen LogP contribution in [0.5, 0.6) is 5.88 Å². The molecule has 9 heteroatoms. The fraction of sp³-hybridized carbons (Fsp3) is 0.485. The van der Waals surface area contributed by atoms with Crippen LogP contribution in [0.3, 0.4) is 0 Å². The molecule has 4 rings (SSSR count). The predicted molar refractivity (Wildman–Crippen MR) is 159 cm³/mol. The maximum Gasteiger partial charge on any atom is 0.337 e. The molecule has 0 radical (unpaired) electrons.